The zero-order chi connectivity index (χ0) is 13.7. The Balaban J connectivity index is 1.86. The van der Waals surface area contributed by atoms with Gasteiger partial charge in [-0.05, 0) is 12.1 Å². The highest BCUT2D eigenvalue weighted by Gasteiger charge is 2.22. The quantitative estimate of drug-likeness (QED) is 0.600. The number of ether oxygens (including phenoxy) is 1. The summed E-state index contributed by atoms with van der Waals surface area (Å²) < 4.78 is 4.51. The molecule has 1 amide bonds. The van der Waals surface area contributed by atoms with Gasteiger partial charge in [-0.3, -0.25) is 9.59 Å². The molecule has 1 fully saturated rings. The van der Waals surface area contributed by atoms with Crippen molar-refractivity contribution in [3.05, 3.63) is 30.3 Å². The number of para-hydroxylation sites is 1. The Labute approximate surface area is 112 Å². The van der Waals surface area contributed by atoms with Gasteiger partial charge in [0.1, 0.15) is 6.42 Å². The van der Waals surface area contributed by atoms with Gasteiger partial charge >= 0.3 is 5.97 Å². The zero-order valence-electron chi connectivity index (χ0n) is 11.0. The minimum Gasteiger partial charge on any atom is -0.469 e. The normalized spacial score (nSPS) is 15.2. The summed E-state index contributed by atoms with van der Waals surface area (Å²) in [5, 5.41) is 0. The molecule has 1 aromatic carbocycles. The van der Waals surface area contributed by atoms with Crippen LogP contribution in [0.1, 0.15) is 6.42 Å². The van der Waals surface area contributed by atoms with E-state index in [0.717, 1.165) is 13.1 Å². The van der Waals surface area contributed by atoms with Crippen molar-refractivity contribution in [2.24, 2.45) is 0 Å². The van der Waals surface area contributed by atoms with Crippen molar-refractivity contribution in [3.63, 3.8) is 0 Å². The number of hydrogen-bond donors (Lipinski definition) is 0. The molecule has 0 aromatic heterocycles. The fourth-order valence-corrected chi connectivity index (χ4v) is 2.16. The maximum atomic E-state index is 11.8. The van der Waals surface area contributed by atoms with Crippen LogP contribution in [0.4, 0.5) is 5.69 Å². The molecule has 2 rings (SSSR count). The highest BCUT2D eigenvalue weighted by Crippen LogP contribution is 2.15. The van der Waals surface area contributed by atoms with Gasteiger partial charge < -0.3 is 14.5 Å². The molecule has 1 aliphatic rings. The fourth-order valence-electron chi connectivity index (χ4n) is 2.16. The lowest BCUT2D eigenvalue weighted by Gasteiger charge is -2.36. The first-order valence-electron chi connectivity index (χ1n) is 6.35. The number of amides is 1. The summed E-state index contributed by atoms with van der Waals surface area (Å²) in [5.41, 5.74) is 1.17. The third-order valence-corrected chi connectivity index (χ3v) is 3.28. The molecule has 0 unspecified atom stereocenters. The van der Waals surface area contributed by atoms with E-state index < -0.39 is 5.97 Å². The molecule has 0 bridgehead atoms. The van der Waals surface area contributed by atoms with E-state index in [-0.39, 0.29) is 12.3 Å². The monoisotopic (exact) mass is 262 g/mol. The number of carbonyl (C=O) groups excluding carboxylic acids is 2. The molecule has 1 saturated heterocycles. The van der Waals surface area contributed by atoms with Crippen LogP contribution in [0.5, 0.6) is 0 Å². The number of anilines is 1. The van der Waals surface area contributed by atoms with E-state index in [0.29, 0.717) is 13.1 Å². The van der Waals surface area contributed by atoms with Crippen LogP contribution >= 0.6 is 0 Å². The van der Waals surface area contributed by atoms with Gasteiger partial charge in [0.25, 0.3) is 0 Å². The summed E-state index contributed by atoms with van der Waals surface area (Å²) in [4.78, 5) is 26.8. The van der Waals surface area contributed by atoms with Gasteiger partial charge in [0, 0.05) is 31.9 Å². The maximum absolute atomic E-state index is 11.8. The Morgan fingerprint density at radius 2 is 1.74 bits per heavy atom. The Bertz CT molecular complexity index is 439. The lowest BCUT2D eigenvalue weighted by molar-refractivity contribution is -0.146. The van der Waals surface area contributed by atoms with E-state index in [1.54, 1.807) is 4.90 Å². The van der Waals surface area contributed by atoms with Crippen molar-refractivity contribution in [1.82, 2.24) is 4.90 Å². The lowest BCUT2D eigenvalue weighted by atomic mass is 10.2. The van der Waals surface area contributed by atoms with E-state index in [2.05, 4.69) is 21.8 Å². The van der Waals surface area contributed by atoms with Gasteiger partial charge in [-0.2, -0.15) is 0 Å². The first-order chi connectivity index (χ1) is 9.20. The molecule has 102 valence electrons. The van der Waals surface area contributed by atoms with Crippen LogP contribution in [0.2, 0.25) is 0 Å². The highest BCUT2D eigenvalue weighted by molar-refractivity contribution is 5.94. The maximum Gasteiger partial charge on any atom is 0.315 e. The van der Waals surface area contributed by atoms with Crippen molar-refractivity contribution < 1.29 is 14.3 Å². The van der Waals surface area contributed by atoms with Crippen LogP contribution < -0.4 is 4.90 Å². The van der Waals surface area contributed by atoms with Crippen LogP contribution in [-0.2, 0) is 14.3 Å². The Morgan fingerprint density at radius 1 is 1.11 bits per heavy atom. The van der Waals surface area contributed by atoms with E-state index in [1.807, 2.05) is 18.2 Å². The van der Waals surface area contributed by atoms with Gasteiger partial charge in [-0.1, -0.05) is 18.2 Å². The summed E-state index contributed by atoms with van der Waals surface area (Å²) in [6.07, 6.45) is -0.165. The number of rotatable bonds is 3. The van der Waals surface area contributed by atoms with Crippen LogP contribution in [0.3, 0.4) is 0 Å². The standard InChI is InChI=1S/C14H18N2O3/c1-19-14(18)11-13(17)16-9-7-15(8-10-16)12-5-3-2-4-6-12/h2-6H,7-11H2,1H3. The summed E-state index contributed by atoms with van der Waals surface area (Å²) >= 11 is 0. The third kappa shape index (κ3) is 3.47. The van der Waals surface area contributed by atoms with Crippen molar-refractivity contribution in [3.8, 4) is 0 Å². The van der Waals surface area contributed by atoms with Crippen LogP contribution in [0.25, 0.3) is 0 Å². The number of nitrogens with zero attached hydrogens (tertiary/aromatic N) is 2. The first-order valence-corrected chi connectivity index (χ1v) is 6.35. The largest absolute Gasteiger partial charge is 0.469 e. The number of esters is 1. The second kappa shape index (κ2) is 6.22. The molecule has 5 nitrogen and oxygen atoms in total. The molecule has 0 atom stereocenters. The van der Waals surface area contributed by atoms with Crippen LogP contribution in [0.15, 0.2) is 30.3 Å². The van der Waals surface area contributed by atoms with Gasteiger partial charge in [-0.25, -0.2) is 0 Å². The number of hydrogen-bond acceptors (Lipinski definition) is 4. The summed E-state index contributed by atoms with van der Waals surface area (Å²) in [6, 6.07) is 10.1. The summed E-state index contributed by atoms with van der Waals surface area (Å²) in [7, 11) is 1.29. The van der Waals surface area contributed by atoms with Crippen LogP contribution in [-0.4, -0.2) is 50.1 Å². The van der Waals surface area contributed by atoms with Gasteiger partial charge in [0.2, 0.25) is 5.91 Å². The molecular weight excluding hydrogens is 244 g/mol. The van der Waals surface area contributed by atoms with E-state index in [9.17, 15) is 9.59 Å². The number of methoxy groups -OCH3 is 1. The SMILES string of the molecule is COC(=O)CC(=O)N1CCN(c2ccccc2)CC1. The van der Waals surface area contributed by atoms with Gasteiger partial charge in [0.15, 0.2) is 0 Å². The van der Waals surface area contributed by atoms with E-state index in [1.165, 1.54) is 12.8 Å². The third-order valence-electron chi connectivity index (χ3n) is 3.28. The Morgan fingerprint density at radius 3 is 2.32 bits per heavy atom. The zero-order valence-corrected chi connectivity index (χ0v) is 11.0. The number of carbonyl (C=O) groups is 2. The minimum atomic E-state index is -0.476. The van der Waals surface area contributed by atoms with Crippen LogP contribution in [0, 0.1) is 0 Å². The summed E-state index contributed by atoms with van der Waals surface area (Å²) in [5.74, 6) is -0.630. The molecule has 5 heteroatoms. The van der Waals surface area contributed by atoms with Crippen molar-refractivity contribution in [2.75, 3.05) is 38.2 Å². The first kappa shape index (κ1) is 13.4. The topological polar surface area (TPSA) is 49.9 Å². The van der Waals surface area contributed by atoms with Crippen molar-refractivity contribution in [1.29, 1.82) is 0 Å². The molecule has 0 aliphatic carbocycles. The van der Waals surface area contributed by atoms with Gasteiger partial charge in [-0.15, -0.1) is 0 Å². The molecule has 0 saturated carbocycles. The number of piperazine rings is 1. The minimum absolute atomic E-state index is 0.153. The van der Waals surface area contributed by atoms with Crippen molar-refractivity contribution >= 4 is 17.6 Å². The number of benzene rings is 1. The molecule has 19 heavy (non-hydrogen) atoms. The smallest absolute Gasteiger partial charge is 0.315 e. The van der Waals surface area contributed by atoms with Crippen molar-refractivity contribution in [2.45, 2.75) is 6.42 Å². The second-order valence-electron chi connectivity index (χ2n) is 4.46. The molecule has 0 N–H and O–H groups in total. The Hall–Kier alpha value is -2.04. The van der Waals surface area contributed by atoms with E-state index in [4.69, 9.17) is 0 Å². The summed E-state index contributed by atoms with van der Waals surface area (Å²) in [6.45, 7) is 2.86. The average Bonchev–Trinajstić information content (AvgIpc) is 2.48. The fraction of sp³-hybridized carbons (Fsp3) is 0.429. The lowest BCUT2D eigenvalue weighted by Crippen LogP contribution is -2.49. The Kier molecular flexibility index (Phi) is 4.39. The molecular formula is C14H18N2O3. The average molecular weight is 262 g/mol. The molecule has 1 aromatic rings. The second-order valence-corrected chi connectivity index (χ2v) is 4.46. The van der Waals surface area contributed by atoms with Gasteiger partial charge in [0.05, 0.1) is 7.11 Å². The molecule has 0 radical (unpaired) electrons. The molecule has 1 heterocycles. The predicted octanol–water partition coefficient (Wildman–Crippen LogP) is 0.898. The highest BCUT2D eigenvalue weighted by atomic mass is 16.5. The predicted molar refractivity (Wildman–Crippen MR) is 71.9 cm³/mol. The molecule has 0 spiro atoms. The molecule has 1 aliphatic heterocycles. The van der Waals surface area contributed by atoms with E-state index >= 15 is 0 Å².